The Balaban J connectivity index is 2.03. The number of pyridine rings is 1. The molecule has 2 rings (SSSR count). The van der Waals surface area contributed by atoms with E-state index in [-0.39, 0.29) is 12.4 Å². The van der Waals surface area contributed by atoms with Crippen LogP contribution in [0.2, 0.25) is 0 Å². The summed E-state index contributed by atoms with van der Waals surface area (Å²) >= 11 is 0. The van der Waals surface area contributed by atoms with Crippen molar-refractivity contribution in [2.24, 2.45) is 0 Å². The average molecular weight is 362 g/mol. The van der Waals surface area contributed by atoms with Crippen LogP contribution in [0.25, 0.3) is 0 Å². The first-order valence-electron chi connectivity index (χ1n) is 6.81. The smallest absolute Gasteiger partial charge is 0.466 e. The van der Waals surface area contributed by atoms with Crippen molar-refractivity contribution in [1.82, 2.24) is 9.88 Å². The topological polar surface area (TPSA) is 34.6 Å². The maximum absolute atomic E-state index is 13.7. The Kier molecular flexibility index (Phi) is 4.84. The summed E-state index contributed by atoms with van der Waals surface area (Å²) in [5.74, 6) is -4.34. The molecule has 0 spiro atoms. The number of nitrogens with zero attached hydrogens (tertiary/aromatic N) is 2. The minimum absolute atomic E-state index is 0.0599. The summed E-state index contributed by atoms with van der Waals surface area (Å²) in [5, 5.41) is 0. The van der Waals surface area contributed by atoms with E-state index < -0.39 is 36.6 Å². The zero-order valence-corrected chi connectivity index (χ0v) is 12.3. The Morgan fingerprint density at radius 1 is 1.25 bits per heavy atom. The quantitative estimate of drug-likeness (QED) is 0.753. The lowest BCUT2D eigenvalue weighted by Crippen LogP contribution is -2.41. The van der Waals surface area contributed by atoms with Crippen LogP contribution < -0.4 is 9.47 Å². The van der Waals surface area contributed by atoms with Crippen molar-refractivity contribution in [3.05, 3.63) is 18.3 Å². The van der Waals surface area contributed by atoms with Gasteiger partial charge in [-0.05, 0) is 12.6 Å². The standard InChI is InChI=1S/C13H13F7N2O2/c1-2-22-6-9(11(14,15)7-22)23-10-4-3-8(5-21-10)24-13(19,20)12(16,17)18/h3-5,9H,2,6-7H2,1H3. The zero-order chi connectivity index (χ0) is 18.2. The lowest BCUT2D eigenvalue weighted by atomic mass is 10.2. The van der Waals surface area contributed by atoms with Gasteiger partial charge in [-0.25, -0.2) is 13.8 Å². The fourth-order valence-electron chi connectivity index (χ4n) is 2.05. The van der Waals surface area contributed by atoms with Gasteiger partial charge in [-0.15, -0.1) is 0 Å². The highest BCUT2D eigenvalue weighted by Gasteiger charge is 2.61. The van der Waals surface area contributed by atoms with Gasteiger partial charge in [0.25, 0.3) is 5.92 Å². The molecule has 0 aromatic carbocycles. The number of hydrogen-bond acceptors (Lipinski definition) is 4. The Morgan fingerprint density at radius 3 is 2.38 bits per heavy atom. The van der Waals surface area contributed by atoms with Crippen molar-refractivity contribution in [2.75, 3.05) is 19.6 Å². The molecular formula is C13H13F7N2O2. The van der Waals surface area contributed by atoms with Crippen molar-refractivity contribution in [3.63, 3.8) is 0 Å². The third-order valence-corrected chi connectivity index (χ3v) is 3.32. The number of likely N-dealkylation sites (N-methyl/N-ethyl adjacent to an activating group) is 1. The lowest BCUT2D eigenvalue weighted by molar-refractivity contribution is -0.360. The van der Waals surface area contributed by atoms with Crippen molar-refractivity contribution >= 4 is 0 Å². The Hall–Kier alpha value is -1.78. The first-order valence-corrected chi connectivity index (χ1v) is 6.81. The first-order chi connectivity index (χ1) is 10.9. The molecule has 0 radical (unpaired) electrons. The van der Waals surface area contributed by atoms with E-state index in [1.807, 2.05) is 0 Å². The van der Waals surface area contributed by atoms with Crippen LogP contribution in [0.5, 0.6) is 11.6 Å². The van der Waals surface area contributed by atoms with Crippen LogP contribution in [0.1, 0.15) is 6.92 Å². The van der Waals surface area contributed by atoms with E-state index in [1.54, 1.807) is 6.92 Å². The Bertz CT molecular complexity index is 562. The summed E-state index contributed by atoms with van der Waals surface area (Å²) in [7, 11) is 0. The second kappa shape index (κ2) is 6.26. The van der Waals surface area contributed by atoms with Crippen molar-refractivity contribution in [3.8, 4) is 11.6 Å². The zero-order valence-electron chi connectivity index (χ0n) is 12.3. The van der Waals surface area contributed by atoms with Gasteiger partial charge in [-0.3, -0.25) is 4.90 Å². The molecule has 1 atom stereocenters. The molecule has 1 aliphatic rings. The van der Waals surface area contributed by atoms with Gasteiger partial charge in [0.15, 0.2) is 6.10 Å². The van der Waals surface area contributed by atoms with E-state index in [9.17, 15) is 30.7 Å². The predicted molar refractivity (Wildman–Crippen MR) is 67.3 cm³/mol. The molecule has 0 aliphatic carbocycles. The van der Waals surface area contributed by atoms with Crippen molar-refractivity contribution < 1.29 is 40.2 Å². The van der Waals surface area contributed by atoms with E-state index in [4.69, 9.17) is 4.74 Å². The van der Waals surface area contributed by atoms with Crippen LogP contribution in [0.15, 0.2) is 18.3 Å². The van der Waals surface area contributed by atoms with Gasteiger partial charge >= 0.3 is 12.3 Å². The number of halogens is 7. The molecule has 0 N–H and O–H groups in total. The molecule has 1 saturated heterocycles. The summed E-state index contributed by atoms with van der Waals surface area (Å²) in [6.07, 6.45) is -12.2. The van der Waals surface area contributed by atoms with Crippen molar-refractivity contribution in [1.29, 1.82) is 0 Å². The maximum Gasteiger partial charge on any atom is 0.499 e. The SMILES string of the molecule is CCN1CC(Oc2ccc(OC(F)(F)C(F)(F)F)cn2)C(F)(F)C1. The summed E-state index contributed by atoms with van der Waals surface area (Å²) in [6.45, 7) is 1.54. The van der Waals surface area contributed by atoms with E-state index >= 15 is 0 Å². The number of aromatic nitrogens is 1. The summed E-state index contributed by atoms with van der Waals surface area (Å²) in [6, 6.07) is 1.61. The number of rotatable bonds is 5. The molecule has 1 unspecified atom stereocenters. The second-order valence-corrected chi connectivity index (χ2v) is 5.14. The van der Waals surface area contributed by atoms with E-state index in [0.29, 0.717) is 12.7 Å². The van der Waals surface area contributed by atoms with E-state index in [0.717, 1.165) is 12.1 Å². The molecule has 11 heteroatoms. The molecule has 136 valence electrons. The molecule has 0 saturated carbocycles. The van der Waals surface area contributed by atoms with Crippen LogP contribution in [-0.4, -0.2) is 53.8 Å². The minimum atomic E-state index is -5.89. The van der Waals surface area contributed by atoms with E-state index in [1.165, 1.54) is 4.90 Å². The van der Waals surface area contributed by atoms with Crippen LogP contribution in [0, 0.1) is 0 Å². The highest BCUT2D eigenvalue weighted by Crippen LogP contribution is 2.37. The highest BCUT2D eigenvalue weighted by atomic mass is 19.4. The van der Waals surface area contributed by atoms with Gasteiger partial charge in [0.2, 0.25) is 5.88 Å². The fraction of sp³-hybridized carbons (Fsp3) is 0.615. The summed E-state index contributed by atoms with van der Waals surface area (Å²) < 4.78 is 97.5. The highest BCUT2D eigenvalue weighted by molar-refractivity contribution is 5.23. The molecule has 1 aromatic heterocycles. The van der Waals surface area contributed by atoms with Crippen LogP contribution in [0.3, 0.4) is 0 Å². The van der Waals surface area contributed by atoms with Gasteiger partial charge in [-0.2, -0.15) is 22.0 Å². The van der Waals surface area contributed by atoms with Gasteiger partial charge in [0, 0.05) is 12.6 Å². The van der Waals surface area contributed by atoms with Gasteiger partial charge < -0.3 is 9.47 Å². The van der Waals surface area contributed by atoms with Crippen molar-refractivity contribution in [2.45, 2.75) is 31.2 Å². The van der Waals surface area contributed by atoms with Gasteiger partial charge in [-0.1, -0.05) is 6.92 Å². The fourth-order valence-corrected chi connectivity index (χ4v) is 2.05. The van der Waals surface area contributed by atoms with Gasteiger partial charge in [0.1, 0.15) is 5.75 Å². The molecule has 2 heterocycles. The number of alkyl halides is 7. The lowest BCUT2D eigenvalue weighted by Gasteiger charge is -2.21. The largest absolute Gasteiger partial charge is 0.499 e. The molecular weight excluding hydrogens is 349 g/mol. The Labute approximate surface area is 132 Å². The normalized spacial score (nSPS) is 21.8. The molecule has 0 amide bonds. The maximum atomic E-state index is 13.7. The second-order valence-electron chi connectivity index (χ2n) is 5.14. The van der Waals surface area contributed by atoms with Crippen LogP contribution >= 0.6 is 0 Å². The summed E-state index contributed by atoms with van der Waals surface area (Å²) in [4.78, 5) is 4.88. The monoisotopic (exact) mass is 362 g/mol. The molecule has 1 fully saturated rings. The third-order valence-electron chi connectivity index (χ3n) is 3.32. The number of ether oxygens (including phenoxy) is 2. The summed E-state index contributed by atoms with van der Waals surface area (Å²) in [5.41, 5.74) is 0. The molecule has 1 aromatic rings. The number of hydrogen-bond donors (Lipinski definition) is 0. The molecule has 4 nitrogen and oxygen atoms in total. The first kappa shape index (κ1) is 18.6. The Morgan fingerprint density at radius 2 is 1.92 bits per heavy atom. The van der Waals surface area contributed by atoms with Crippen LogP contribution in [0.4, 0.5) is 30.7 Å². The molecule has 24 heavy (non-hydrogen) atoms. The molecule has 0 bridgehead atoms. The van der Waals surface area contributed by atoms with Crippen LogP contribution in [-0.2, 0) is 0 Å². The minimum Gasteiger partial charge on any atom is -0.466 e. The van der Waals surface area contributed by atoms with E-state index in [2.05, 4.69) is 9.72 Å². The third kappa shape index (κ3) is 4.00. The predicted octanol–water partition coefficient (Wildman–Crippen LogP) is 3.33. The number of likely N-dealkylation sites (tertiary alicyclic amines) is 1. The molecule has 1 aliphatic heterocycles. The average Bonchev–Trinajstić information content (AvgIpc) is 2.74. The van der Waals surface area contributed by atoms with Gasteiger partial charge in [0.05, 0.1) is 12.7 Å².